The van der Waals surface area contributed by atoms with Gasteiger partial charge in [0.25, 0.3) is 11.8 Å². The van der Waals surface area contributed by atoms with Crippen molar-refractivity contribution in [3.63, 3.8) is 0 Å². The quantitative estimate of drug-likeness (QED) is 0.322. The molecule has 5 N–H and O–H groups in total. The van der Waals surface area contributed by atoms with Gasteiger partial charge in [-0.2, -0.15) is 4.39 Å². The number of nitrogens with two attached hydrogens (primary N) is 1. The minimum absolute atomic E-state index is 0.151. The van der Waals surface area contributed by atoms with Gasteiger partial charge in [0.05, 0.1) is 6.61 Å². The summed E-state index contributed by atoms with van der Waals surface area (Å²) < 4.78 is 33.1. The van der Waals surface area contributed by atoms with E-state index in [0.717, 1.165) is 17.2 Å². The fourth-order valence-electron chi connectivity index (χ4n) is 2.79. The molecular weight excluding hydrogens is 388 g/mol. The second kappa shape index (κ2) is 8.29. The van der Waals surface area contributed by atoms with Crippen LogP contribution >= 0.6 is 0 Å². The number of rotatable bonds is 5. The Balaban J connectivity index is 1.74. The molecule has 0 aliphatic carbocycles. The highest BCUT2D eigenvalue weighted by Crippen LogP contribution is 2.25. The van der Waals surface area contributed by atoms with Crippen molar-refractivity contribution >= 4 is 29.0 Å². The number of halogens is 2. The number of amidine groups is 1. The van der Waals surface area contributed by atoms with Gasteiger partial charge < -0.3 is 25.8 Å². The number of anilines is 2. The molecule has 1 fully saturated rings. The average Bonchev–Trinajstić information content (AvgIpc) is 2.69. The van der Waals surface area contributed by atoms with Crippen LogP contribution in [0.1, 0.15) is 5.56 Å². The van der Waals surface area contributed by atoms with Crippen molar-refractivity contribution in [1.29, 1.82) is 5.41 Å². The summed E-state index contributed by atoms with van der Waals surface area (Å²) >= 11 is 0. The topological polar surface area (TPSA) is 142 Å². The first-order valence-corrected chi connectivity index (χ1v) is 8.46. The molecule has 9 nitrogen and oxygen atoms in total. The fraction of sp³-hybridized carbons (Fsp3) is 0.222. The van der Waals surface area contributed by atoms with Gasteiger partial charge in [0.15, 0.2) is 18.0 Å². The molecule has 0 spiro atoms. The van der Waals surface area contributed by atoms with E-state index < -0.39 is 41.5 Å². The van der Waals surface area contributed by atoms with Crippen LogP contribution < -0.4 is 16.0 Å². The first-order valence-electron chi connectivity index (χ1n) is 8.46. The van der Waals surface area contributed by atoms with Crippen LogP contribution in [0.25, 0.3) is 0 Å². The van der Waals surface area contributed by atoms with Crippen LogP contribution in [0.15, 0.2) is 36.5 Å². The van der Waals surface area contributed by atoms with Gasteiger partial charge in [-0.15, -0.1) is 0 Å². The molecule has 11 heteroatoms. The third-order valence-electron chi connectivity index (χ3n) is 4.24. The molecule has 3 rings (SSSR count). The highest BCUT2D eigenvalue weighted by atomic mass is 19.1. The highest BCUT2D eigenvalue weighted by molar-refractivity contribution is 6.04. The molecule has 1 aromatic heterocycles. The van der Waals surface area contributed by atoms with Gasteiger partial charge in [-0.25, -0.2) is 9.37 Å². The molecule has 1 saturated heterocycles. The Bertz CT molecular complexity index is 934. The summed E-state index contributed by atoms with van der Waals surface area (Å²) in [6.45, 7) is -0.322. The Morgan fingerprint density at radius 2 is 2.03 bits per heavy atom. The van der Waals surface area contributed by atoms with Crippen LogP contribution in [0.5, 0.6) is 0 Å². The van der Waals surface area contributed by atoms with Crippen molar-refractivity contribution in [3.8, 4) is 0 Å². The number of morpholine rings is 1. The number of carbonyl (C=O) groups excluding carboxylic acids is 2. The standard InChI is InChI=1S/C18H17F2N5O4/c19-11-5-6-23-15(20)12(11)25-7-8-29-14(18(25)28)13(26)17(27)24-10-3-1-9(2-4-10)16(21)22/h1-6,13-14,26H,7-8H2,(H3,21,22)(H,24,27)/t13?,14-/m1/s1. The number of hydrogen-bond donors (Lipinski definition) is 4. The van der Waals surface area contributed by atoms with E-state index in [9.17, 15) is 23.5 Å². The summed E-state index contributed by atoms with van der Waals surface area (Å²) in [5, 5.41) is 20.0. The van der Waals surface area contributed by atoms with E-state index in [1.165, 1.54) is 24.3 Å². The number of pyridine rings is 1. The zero-order valence-electron chi connectivity index (χ0n) is 14.9. The molecule has 0 bridgehead atoms. The zero-order chi connectivity index (χ0) is 21.1. The van der Waals surface area contributed by atoms with Gasteiger partial charge in [0.1, 0.15) is 11.5 Å². The van der Waals surface area contributed by atoms with Crippen molar-refractivity contribution in [3.05, 3.63) is 53.9 Å². The van der Waals surface area contributed by atoms with Crippen molar-refractivity contribution in [2.75, 3.05) is 23.4 Å². The zero-order valence-corrected chi connectivity index (χ0v) is 14.9. The van der Waals surface area contributed by atoms with Crippen molar-refractivity contribution in [2.24, 2.45) is 5.73 Å². The molecule has 2 heterocycles. The Hall–Kier alpha value is -3.44. The van der Waals surface area contributed by atoms with Crippen LogP contribution in [-0.4, -0.2) is 53.1 Å². The third kappa shape index (κ3) is 4.20. The minimum Gasteiger partial charge on any atom is -0.384 e. The summed E-state index contributed by atoms with van der Waals surface area (Å²) in [7, 11) is 0. The molecule has 2 aromatic rings. The lowest BCUT2D eigenvalue weighted by Crippen LogP contribution is -2.56. The summed E-state index contributed by atoms with van der Waals surface area (Å²) in [6.07, 6.45) is -2.67. The van der Waals surface area contributed by atoms with Crippen LogP contribution in [0, 0.1) is 17.2 Å². The molecule has 1 aliphatic rings. The van der Waals surface area contributed by atoms with E-state index in [4.69, 9.17) is 15.9 Å². The molecule has 0 radical (unpaired) electrons. The van der Waals surface area contributed by atoms with E-state index in [-0.39, 0.29) is 24.7 Å². The number of ether oxygens (including phenoxy) is 1. The molecule has 2 amide bonds. The molecule has 152 valence electrons. The van der Waals surface area contributed by atoms with Crippen molar-refractivity contribution in [1.82, 2.24) is 4.98 Å². The number of aliphatic hydroxyl groups excluding tert-OH is 1. The number of nitrogens with zero attached hydrogens (tertiary/aromatic N) is 2. The van der Waals surface area contributed by atoms with Gasteiger partial charge >= 0.3 is 0 Å². The number of carbonyl (C=O) groups is 2. The smallest absolute Gasteiger partial charge is 0.259 e. The van der Waals surface area contributed by atoms with E-state index >= 15 is 0 Å². The predicted octanol–water partition coefficient (Wildman–Crippen LogP) is 0.375. The van der Waals surface area contributed by atoms with Crippen molar-refractivity contribution in [2.45, 2.75) is 12.2 Å². The SMILES string of the molecule is N=C(N)c1ccc(NC(=O)C(O)[C@H]2OCCN(c3c(F)ccnc3F)C2=O)cc1. The number of benzene rings is 1. The lowest BCUT2D eigenvalue weighted by Gasteiger charge is -2.34. The number of hydrogen-bond acceptors (Lipinski definition) is 6. The molecule has 1 unspecified atom stereocenters. The third-order valence-corrected chi connectivity index (χ3v) is 4.24. The Morgan fingerprint density at radius 1 is 1.34 bits per heavy atom. The van der Waals surface area contributed by atoms with E-state index in [1.807, 2.05) is 0 Å². The molecular formula is C18H17F2N5O4. The average molecular weight is 405 g/mol. The maximum Gasteiger partial charge on any atom is 0.259 e. The molecule has 1 aliphatic heterocycles. The largest absolute Gasteiger partial charge is 0.384 e. The van der Waals surface area contributed by atoms with E-state index in [0.29, 0.717) is 5.56 Å². The summed E-state index contributed by atoms with van der Waals surface area (Å²) in [6, 6.07) is 6.78. The summed E-state index contributed by atoms with van der Waals surface area (Å²) in [4.78, 5) is 29.0. The second-order valence-electron chi connectivity index (χ2n) is 6.14. The van der Waals surface area contributed by atoms with Crippen molar-refractivity contribution < 1.29 is 28.2 Å². The van der Waals surface area contributed by atoms with Crippen LogP contribution in [-0.2, 0) is 14.3 Å². The normalized spacial score (nSPS) is 17.7. The lowest BCUT2D eigenvalue weighted by atomic mass is 10.1. The first kappa shape index (κ1) is 20.3. The number of nitrogens with one attached hydrogen (secondary N) is 2. The molecule has 0 saturated carbocycles. The first-order chi connectivity index (χ1) is 13.8. The Morgan fingerprint density at radius 3 is 2.66 bits per heavy atom. The van der Waals surface area contributed by atoms with Gasteiger partial charge in [-0.1, -0.05) is 0 Å². The van der Waals surface area contributed by atoms with Gasteiger partial charge in [-0.3, -0.25) is 15.0 Å². The van der Waals surface area contributed by atoms with Crippen LogP contribution in [0.2, 0.25) is 0 Å². The monoisotopic (exact) mass is 405 g/mol. The van der Waals surface area contributed by atoms with Gasteiger partial charge in [0.2, 0.25) is 5.95 Å². The Labute approximate surface area is 163 Å². The number of aliphatic hydroxyl groups is 1. The van der Waals surface area contributed by atoms with Gasteiger partial charge in [0, 0.05) is 24.0 Å². The number of amides is 2. The highest BCUT2D eigenvalue weighted by Gasteiger charge is 2.41. The summed E-state index contributed by atoms with van der Waals surface area (Å²) in [5.41, 5.74) is 5.40. The number of aromatic nitrogens is 1. The van der Waals surface area contributed by atoms with Crippen LogP contribution in [0.4, 0.5) is 20.2 Å². The number of nitrogen functional groups attached to an aromatic ring is 1. The summed E-state index contributed by atoms with van der Waals surface area (Å²) in [5.74, 6) is -4.27. The Kier molecular flexibility index (Phi) is 5.80. The second-order valence-corrected chi connectivity index (χ2v) is 6.14. The molecule has 2 atom stereocenters. The molecule has 29 heavy (non-hydrogen) atoms. The predicted molar refractivity (Wildman–Crippen MR) is 98.3 cm³/mol. The molecule has 1 aromatic carbocycles. The van der Waals surface area contributed by atoms with E-state index in [1.54, 1.807) is 0 Å². The fourth-order valence-corrected chi connectivity index (χ4v) is 2.79. The lowest BCUT2D eigenvalue weighted by molar-refractivity contribution is -0.150. The maximum absolute atomic E-state index is 14.0. The van der Waals surface area contributed by atoms with Gasteiger partial charge in [-0.05, 0) is 30.3 Å². The maximum atomic E-state index is 14.0. The minimum atomic E-state index is -1.93. The van der Waals surface area contributed by atoms with E-state index in [2.05, 4.69) is 10.3 Å². The van der Waals surface area contributed by atoms with Crippen LogP contribution in [0.3, 0.4) is 0 Å².